The molecular formula is C23H28FNO. The molecule has 0 heterocycles. The van der Waals surface area contributed by atoms with Gasteiger partial charge in [-0.25, -0.2) is 4.39 Å². The first-order valence-electron chi connectivity index (χ1n) is 9.91. The first-order valence-corrected chi connectivity index (χ1v) is 9.91. The summed E-state index contributed by atoms with van der Waals surface area (Å²) in [5, 5.41) is 0. The van der Waals surface area contributed by atoms with Gasteiger partial charge in [0, 0.05) is 11.6 Å². The fourth-order valence-electron chi connectivity index (χ4n) is 4.36. The summed E-state index contributed by atoms with van der Waals surface area (Å²) in [4.78, 5) is 0. The third-order valence-electron chi connectivity index (χ3n) is 6.11. The molecule has 2 atom stereocenters. The molecule has 2 saturated carbocycles. The maximum absolute atomic E-state index is 13.6. The summed E-state index contributed by atoms with van der Waals surface area (Å²) in [5.41, 5.74) is 8.02. The van der Waals surface area contributed by atoms with Crippen molar-refractivity contribution < 1.29 is 9.13 Å². The number of benzene rings is 2. The van der Waals surface area contributed by atoms with Gasteiger partial charge in [-0.15, -0.1) is 0 Å². The predicted octanol–water partition coefficient (Wildman–Crippen LogP) is 5.42. The van der Waals surface area contributed by atoms with Gasteiger partial charge in [-0.2, -0.15) is 0 Å². The number of ether oxygens (including phenoxy) is 1. The van der Waals surface area contributed by atoms with E-state index in [9.17, 15) is 4.39 Å². The first-order chi connectivity index (χ1) is 12.7. The van der Waals surface area contributed by atoms with Crippen LogP contribution in [-0.2, 0) is 6.61 Å². The molecule has 2 aromatic carbocycles. The smallest absolute Gasteiger partial charge is 0.129 e. The fourth-order valence-corrected chi connectivity index (χ4v) is 4.36. The lowest BCUT2D eigenvalue weighted by molar-refractivity contribution is 0.298. The van der Waals surface area contributed by atoms with Crippen LogP contribution in [0.2, 0.25) is 0 Å². The Morgan fingerprint density at radius 1 is 0.962 bits per heavy atom. The fraction of sp³-hybridized carbons (Fsp3) is 0.478. The maximum Gasteiger partial charge on any atom is 0.129 e. The molecule has 2 nitrogen and oxygen atoms in total. The van der Waals surface area contributed by atoms with Crippen LogP contribution in [0.15, 0.2) is 48.5 Å². The lowest BCUT2D eigenvalue weighted by atomic mass is 9.83. The lowest BCUT2D eigenvalue weighted by Crippen LogP contribution is -2.26. The first kappa shape index (κ1) is 17.5. The highest BCUT2D eigenvalue weighted by atomic mass is 19.1. The second-order valence-electron chi connectivity index (χ2n) is 8.07. The molecular weight excluding hydrogens is 325 g/mol. The molecule has 138 valence electrons. The summed E-state index contributed by atoms with van der Waals surface area (Å²) in [5.74, 6) is 3.03. The zero-order chi connectivity index (χ0) is 17.9. The minimum atomic E-state index is -0.214. The van der Waals surface area contributed by atoms with Crippen LogP contribution in [0.4, 0.5) is 4.39 Å². The molecule has 2 fully saturated rings. The number of hydrogen-bond acceptors (Lipinski definition) is 2. The molecule has 2 aliphatic rings. The highest BCUT2D eigenvalue weighted by molar-refractivity contribution is 5.33. The maximum atomic E-state index is 13.6. The average Bonchev–Trinajstić information content (AvgIpc) is 3.43. The van der Waals surface area contributed by atoms with Gasteiger partial charge in [-0.1, -0.05) is 30.3 Å². The topological polar surface area (TPSA) is 35.2 Å². The molecule has 0 amide bonds. The van der Waals surface area contributed by atoms with Crippen LogP contribution in [0.1, 0.15) is 55.6 Å². The van der Waals surface area contributed by atoms with Crippen LogP contribution in [-0.4, -0.2) is 6.04 Å². The zero-order valence-corrected chi connectivity index (χ0v) is 15.2. The monoisotopic (exact) mass is 353 g/mol. The van der Waals surface area contributed by atoms with E-state index in [1.165, 1.54) is 50.2 Å². The van der Waals surface area contributed by atoms with Crippen molar-refractivity contribution in [3.63, 3.8) is 0 Å². The van der Waals surface area contributed by atoms with E-state index in [1.54, 1.807) is 12.1 Å². The van der Waals surface area contributed by atoms with E-state index >= 15 is 0 Å². The van der Waals surface area contributed by atoms with Crippen molar-refractivity contribution >= 4 is 0 Å². The normalized spacial score (nSPS) is 27.9. The van der Waals surface area contributed by atoms with Crippen molar-refractivity contribution in [3.8, 4) is 5.75 Å². The molecule has 0 aromatic heterocycles. The average molecular weight is 353 g/mol. The molecule has 2 aliphatic carbocycles. The molecule has 4 rings (SSSR count). The summed E-state index contributed by atoms with van der Waals surface area (Å²) in [6.45, 7) is 0.266. The van der Waals surface area contributed by atoms with E-state index in [0.717, 1.165) is 17.6 Å². The quantitative estimate of drug-likeness (QED) is 0.753. The Morgan fingerprint density at radius 3 is 2.42 bits per heavy atom. The second kappa shape index (κ2) is 7.79. The molecule has 0 unspecified atom stereocenters. The molecule has 0 aliphatic heterocycles. The van der Waals surface area contributed by atoms with Gasteiger partial charge in [-0.05, 0) is 80.0 Å². The SMILES string of the molecule is NC1CCC(C[C@H]2C[C@@H]2c2ccc(OCc3ccccc3F)cc2)CC1. The van der Waals surface area contributed by atoms with Crippen LogP contribution in [0.3, 0.4) is 0 Å². The number of hydrogen-bond donors (Lipinski definition) is 1. The molecule has 0 saturated heterocycles. The molecule has 0 spiro atoms. The summed E-state index contributed by atoms with van der Waals surface area (Å²) in [6, 6.07) is 15.6. The van der Waals surface area contributed by atoms with Crippen LogP contribution >= 0.6 is 0 Å². The summed E-state index contributed by atoms with van der Waals surface area (Å²) >= 11 is 0. The van der Waals surface area contributed by atoms with E-state index in [0.29, 0.717) is 17.5 Å². The summed E-state index contributed by atoms with van der Waals surface area (Å²) < 4.78 is 19.4. The highest BCUT2D eigenvalue weighted by Gasteiger charge is 2.39. The van der Waals surface area contributed by atoms with Gasteiger partial charge < -0.3 is 10.5 Å². The van der Waals surface area contributed by atoms with Gasteiger partial charge in [0.05, 0.1) is 0 Å². The largest absolute Gasteiger partial charge is 0.489 e. The van der Waals surface area contributed by atoms with E-state index in [1.807, 2.05) is 18.2 Å². The van der Waals surface area contributed by atoms with E-state index in [4.69, 9.17) is 10.5 Å². The molecule has 2 N–H and O–H groups in total. The number of halogens is 1. The van der Waals surface area contributed by atoms with Gasteiger partial charge in [-0.3, -0.25) is 0 Å². The van der Waals surface area contributed by atoms with Gasteiger partial charge in [0.15, 0.2) is 0 Å². The Labute approximate surface area is 155 Å². The minimum absolute atomic E-state index is 0.214. The van der Waals surface area contributed by atoms with Crippen LogP contribution in [0.25, 0.3) is 0 Å². The third kappa shape index (κ3) is 4.27. The molecule has 0 bridgehead atoms. The van der Waals surface area contributed by atoms with E-state index < -0.39 is 0 Å². The summed E-state index contributed by atoms with van der Waals surface area (Å²) in [6.07, 6.45) is 7.72. The van der Waals surface area contributed by atoms with Crippen molar-refractivity contribution in [1.82, 2.24) is 0 Å². The Bertz CT molecular complexity index is 721. The predicted molar refractivity (Wildman–Crippen MR) is 103 cm³/mol. The van der Waals surface area contributed by atoms with E-state index in [2.05, 4.69) is 12.1 Å². The Hall–Kier alpha value is -1.87. The molecule has 26 heavy (non-hydrogen) atoms. The number of nitrogens with two attached hydrogens (primary N) is 1. The molecule has 0 radical (unpaired) electrons. The molecule has 2 aromatic rings. The third-order valence-corrected chi connectivity index (χ3v) is 6.11. The Kier molecular flexibility index (Phi) is 5.26. The Morgan fingerprint density at radius 2 is 1.69 bits per heavy atom. The number of rotatable bonds is 6. The zero-order valence-electron chi connectivity index (χ0n) is 15.2. The van der Waals surface area contributed by atoms with Crippen LogP contribution in [0.5, 0.6) is 5.75 Å². The second-order valence-corrected chi connectivity index (χ2v) is 8.07. The van der Waals surface area contributed by atoms with Crippen molar-refractivity contribution in [3.05, 3.63) is 65.5 Å². The van der Waals surface area contributed by atoms with Crippen LogP contribution < -0.4 is 10.5 Å². The van der Waals surface area contributed by atoms with E-state index in [-0.39, 0.29) is 12.4 Å². The van der Waals surface area contributed by atoms with Crippen molar-refractivity contribution in [1.29, 1.82) is 0 Å². The minimum Gasteiger partial charge on any atom is -0.489 e. The van der Waals surface area contributed by atoms with Gasteiger partial charge in [0.1, 0.15) is 18.2 Å². The Balaban J connectivity index is 1.27. The van der Waals surface area contributed by atoms with Crippen molar-refractivity contribution in [2.24, 2.45) is 17.6 Å². The van der Waals surface area contributed by atoms with Gasteiger partial charge >= 0.3 is 0 Å². The van der Waals surface area contributed by atoms with Crippen LogP contribution in [0, 0.1) is 17.7 Å². The van der Waals surface area contributed by atoms with Gasteiger partial charge in [0.25, 0.3) is 0 Å². The van der Waals surface area contributed by atoms with Crippen molar-refractivity contribution in [2.75, 3.05) is 0 Å². The standard InChI is InChI=1S/C23H28FNO/c24-23-4-2-1-3-18(23)15-26-21-11-7-17(8-12-21)22-14-19(22)13-16-5-9-20(25)10-6-16/h1-4,7-8,11-12,16,19-20,22H,5-6,9-10,13-15,25H2/t16?,19-,20?,22+/m0/s1. The highest BCUT2D eigenvalue weighted by Crippen LogP contribution is 2.52. The van der Waals surface area contributed by atoms with Gasteiger partial charge in [0.2, 0.25) is 0 Å². The lowest BCUT2D eigenvalue weighted by Gasteiger charge is -2.26. The summed E-state index contributed by atoms with van der Waals surface area (Å²) in [7, 11) is 0. The van der Waals surface area contributed by atoms with Crippen molar-refractivity contribution in [2.45, 2.75) is 57.1 Å². The molecule has 3 heteroatoms.